The largest absolute Gasteiger partial charge is 0.495 e. The Hall–Kier alpha value is -2.33. The first kappa shape index (κ1) is 23.3. The number of nitrogens with one attached hydrogen (secondary N) is 1. The molecule has 0 radical (unpaired) electrons. The molecule has 31 heavy (non-hydrogen) atoms. The summed E-state index contributed by atoms with van der Waals surface area (Å²) in [5.41, 5.74) is 0.325. The number of anilines is 1. The highest BCUT2D eigenvalue weighted by Gasteiger charge is 2.30. The predicted octanol–water partition coefficient (Wildman–Crippen LogP) is 3.17. The molecule has 168 valence electrons. The van der Waals surface area contributed by atoms with Gasteiger partial charge in [0.15, 0.2) is 6.10 Å². The van der Waals surface area contributed by atoms with Crippen LogP contribution in [0, 0.1) is 0 Å². The number of carbonyl (C=O) groups excluding carboxylic acids is 1. The molecule has 1 atom stereocenters. The molecule has 1 aliphatic heterocycles. The lowest BCUT2D eigenvalue weighted by Crippen LogP contribution is -2.40. The first-order chi connectivity index (χ1) is 14.8. The average Bonchev–Trinajstić information content (AvgIpc) is 2.78. The molecule has 2 aromatic rings. The predicted molar refractivity (Wildman–Crippen MR) is 117 cm³/mol. The number of sulfonamides is 1. The van der Waals surface area contributed by atoms with Gasteiger partial charge in [-0.25, -0.2) is 8.42 Å². The molecule has 1 heterocycles. The Morgan fingerprint density at radius 1 is 1.23 bits per heavy atom. The van der Waals surface area contributed by atoms with Gasteiger partial charge < -0.3 is 19.5 Å². The Balaban J connectivity index is 1.80. The van der Waals surface area contributed by atoms with E-state index in [0.717, 1.165) is 0 Å². The summed E-state index contributed by atoms with van der Waals surface area (Å²) in [7, 11) is -2.41. The maximum absolute atomic E-state index is 13.1. The average molecular weight is 469 g/mol. The van der Waals surface area contributed by atoms with Crippen molar-refractivity contribution in [2.45, 2.75) is 24.3 Å². The highest BCUT2D eigenvalue weighted by molar-refractivity contribution is 7.89. The van der Waals surface area contributed by atoms with Crippen LogP contribution in [0.3, 0.4) is 0 Å². The van der Waals surface area contributed by atoms with Gasteiger partial charge in [-0.1, -0.05) is 24.6 Å². The van der Waals surface area contributed by atoms with Crippen LogP contribution < -0.4 is 14.8 Å². The summed E-state index contributed by atoms with van der Waals surface area (Å²) in [6.07, 6.45) is -0.368. The number of carbonyl (C=O) groups is 1. The Morgan fingerprint density at radius 2 is 1.97 bits per heavy atom. The number of halogens is 1. The SMILES string of the molecule is CCC(Oc1cccc(Cl)c1)C(=O)Nc1ccc(OC)c(S(=O)(=O)N2CCOCC2)c1. The molecule has 8 nitrogen and oxygen atoms in total. The Labute approximate surface area is 187 Å². The van der Waals surface area contributed by atoms with Gasteiger partial charge in [0.1, 0.15) is 16.4 Å². The van der Waals surface area contributed by atoms with Crippen LogP contribution in [0.5, 0.6) is 11.5 Å². The van der Waals surface area contributed by atoms with Crippen LogP contribution in [0.1, 0.15) is 13.3 Å². The second-order valence-corrected chi connectivity index (χ2v) is 9.19. The number of morpholine rings is 1. The van der Waals surface area contributed by atoms with Crippen LogP contribution in [-0.4, -0.2) is 58.1 Å². The monoisotopic (exact) mass is 468 g/mol. The number of hydrogen-bond acceptors (Lipinski definition) is 6. The first-order valence-electron chi connectivity index (χ1n) is 9.84. The zero-order valence-electron chi connectivity index (χ0n) is 17.3. The molecule has 0 aromatic heterocycles. The van der Waals surface area contributed by atoms with Crippen molar-refractivity contribution in [3.05, 3.63) is 47.5 Å². The fourth-order valence-electron chi connectivity index (χ4n) is 3.13. The van der Waals surface area contributed by atoms with Gasteiger partial charge in [-0.2, -0.15) is 4.31 Å². The molecule has 1 unspecified atom stereocenters. The van der Waals surface area contributed by atoms with E-state index in [-0.39, 0.29) is 23.7 Å². The summed E-state index contributed by atoms with van der Waals surface area (Å²) in [6.45, 7) is 2.99. The smallest absolute Gasteiger partial charge is 0.265 e. The van der Waals surface area contributed by atoms with Crippen molar-refractivity contribution in [3.63, 3.8) is 0 Å². The zero-order chi connectivity index (χ0) is 22.4. The molecule has 1 fully saturated rings. The second-order valence-electron chi connectivity index (χ2n) is 6.84. The van der Waals surface area contributed by atoms with E-state index in [1.165, 1.54) is 23.5 Å². The van der Waals surface area contributed by atoms with Gasteiger partial charge in [0.05, 0.1) is 20.3 Å². The lowest BCUT2D eigenvalue weighted by molar-refractivity contribution is -0.122. The van der Waals surface area contributed by atoms with Crippen molar-refractivity contribution in [2.75, 3.05) is 38.7 Å². The van der Waals surface area contributed by atoms with Crippen molar-refractivity contribution >= 4 is 33.2 Å². The Morgan fingerprint density at radius 3 is 2.61 bits per heavy atom. The number of hydrogen-bond donors (Lipinski definition) is 1. The van der Waals surface area contributed by atoms with Crippen molar-refractivity contribution < 1.29 is 27.4 Å². The van der Waals surface area contributed by atoms with Crippen LogP contribution >= 0.6 is 11.6 Å². The lowest BCUT2D eigenvalue weighted by Gasteiger charge is -2.27. The fourth-order valence-corrected chi connectivity index (χ4v) is 4.90. The summed E-state index contributed by atoms with van der Waals surface area (Å²) in [4.78, 5) is 12.8. The Bertz CT molecular complexity index is 1020. The molecule has 1 saturated heterocycles. The van der Waals surface area contributed by atoms with Gasteiger partial charge in [-0.05, 0) is 42.8 Å². The number of ether oxygens (including phenoxy) is 3. The molecule has 0 spiro atoms. The molecule has 1 aliphatic rings. The van der Waals surface area contributed by atoms with E-state index in [1.54, 1.807) is 30.3 Å². The molecular weight excluding hydrogens is 444 g/mol. The normalized spacial score (nSPS) is 15.8. The number of rotatable bonds is 8. The lowest BCUT2D eigenvalue weighted by atomic mass is 10.2. The quantitative estimate of drug-likeness (QED) is 0.639. The topological polar surface area (TPSA) is 94.2 Å². The van der Waals surface area contributed by atoms with Gasteiger partial charge in [-0.15, -0.1) is 0 Å². The van der Waals surface area contributed by atoms with E-state index >= 15 is 0 Å². The third-order valence-electron chi connectivity index (χ3n) is 4.76. The van der Waals surface area contributed by atoms with Gasteiger partial charge >= 0.3 is 0 Å². The van der Waals surface area contributed by atoms with Crippen molar-refractivity contribution in [2.24, 2.45) is 0 Å². The van der Waals surface area contributed by atoms with Gasteiger partial charge in [0.2, 0.25) is 10.0 Å². The van der Waals surface area contributed by atoms with Crippen LogP contribution in [0.2, 0.25) is 5.02 Å². The zero-order valence-corrected chi connectivity index (χ0v) is 18.9. The third-order valence-corrected chi connectivity index (χ3v) is 6.91. The van der Waals surface area contributed by atoms with Crippen molar-refractivity contribution in [1.82, 2.24) is 4.31 Å². The minimum Gasteiger partial charge on any atom is -0.495 e. The molecule has 10 heteroatoms. The molecule has 0 aliphatic carbocycles. The van der Waals surface area contributed by atoms with Crippen LogP contribution in [-0.2, 0) is 19.6 Å². The van der Waals surface area contributed by atoms with Crippen LogP contribution in [0.4, 0.5) is 5.69 Å². The van der Waals surface area contributed by atoms with Crippen LogP contribution in [0.15, 0.2) is 47.4 Å². The second kappa shape index (κ2) is 10.3. The number of nitrogens with zero attached hydrogens (tertiary/aromatic N) is 1. The van der Waals surface area contributed by atoms with E-state index in [9.17, 15) is 13.2 Å². The van der Waals surface area contributed by atoms with Gasteiger partial charge in [0.25, 0.3) is 5.91 Å². The van der Waals surface area contributed by atoms with E-state index < -0.39 is 22.0 Å². The summed E-state index contributed by atoms with van der Waals surface area (Å²) in [5.74, 6) is 0.272. The minimum atomic E-state index is -3.81. The molecule has 1 amide bonds. The molecular formula is C21H25ClN2O6S. The van der Waals surface area contributed by atoms with E-state index in [2.05, 4.69) is 5.32 Å². The van der Waals surface area contributed by atoms with Crippen molar-refractivity contribution in [3.8, 4) is 11.5 Å². The molecule has 2 aromatic carbocycles. The fraction of sp³-hybridized carbons (Fsp3) is 0.381. The maximum Gasteiger partial charge on any atom is 0.265 e. The standard InChI is InChI=1S/C21H25ClN2O6S/c1-3-18(30-17-6-4-5-15(22)13-17)21(25)23-16-7-8-19(28-2)20(14-16)31(26,27)24-9-11-29-12-10-24/h4-8,13-14,18H,3,9-12H2,1-2H3,(H,23,25). The molecule has 0 saturated carbocycles. The summed E-state index contributed by atoms with van der Waals surface area (Å²) in [5, 5.41) is 3.24. The van der Waals surface area contributed by atoms with Gasteiger partial charge in [0, 0.05) is 23.8 Å². The molecule has 3 rings (SSSR count). The van der Waals surface area contributed by atoms with E-state index in [4.69, 9.17) is 25.8 Å². The molecule has 1 N–H and O–H groups in total. The molecule has 0 bridgehead atoms. The number of methoxy groups -OCH3 is 1. The van der Waals surface area contributed by atoms with Crippen LogP contribution in [0.25, 0.3) is 0 Å². The summed E-state index contributed by atoms with van der Waals surface area (Å²) >= 11 is 5.97. The van der Waals surface area contributed by atoms with Crippen molar-refractivity contribution in [1.29, 1.82) is 0 Å². The first-order valence-corrected chi connectivity index (χ1v) is 11.7. The summed E-state index contributed by atoms with van der Waals surface area (Å²) in [6, 6.07) is 11.3. The van der Waals surface area contributed by atoms with Gasteiger partial charge in [-0.3, -0.25) is 4.79 Å². The Kier molecular flexibility index (Phi) is 7.77. The van der Waals surface area contributed by atoms with E-state index in [0.29, 0.717) is 36.1 Å². The highest BCUT2D eigenvalue weighted by Crippen LogP contribution is 2.30. The summed E-state index contributed by atoms with van der Waals surface area (Å²) < 4.78 is 43.8. The number of amides is 1. The van der Waals surface area contributed by atoms with E-state index in [1.807, 2.05) is 6.92 Å². The maximum atomic E-state index is 13.1. The third kappa shape index (κ3) is 5.68. The highest BCUT2D eigenvalue weighted by atomic mass is 35.5. The number of benzene rings is 2. The minimum absolute atomic E-state index is 0.0153.